The summed E-state index contributed by atoms with van der Waals surface area (Å²) in [4.78, 5) is 0. The molecule has 0 aliphatic carbocycles. The summed E-state index contributed by atoms with van der Waals surface area (Å²) < 4.78 is 0. The minimum atomic E-state index is 0.573. The molecule has 1 heterocycles. The first kappa shape index (κ1) is 12.4. The Balaban J connectivity index is 1.93. The van der Waals surface area contributed by atoms with Crippen LogP contribution in [0.3, 0.4) is 0 Å². The Morgan fingerprint density at radius 1 is 1.18 bits per heavy atom. The number of nitrogens with one attached hydrogen (secondary N) is 1. The van der Waals surface area contributed by atoms with Crippen LogP contribution in [0.1, 0.15) is 43.7 Å². The third kappa shape index (κ3) is 4.01. The fraction of sp³-hybridized carbons (Fsp3) is 0.500. The van der Waals surface area contributed by atoms with Crippen molar-refractivity contribution in [2.45, 2.75) is 45.1 Å². The third-order valence-electron chi connectivity index (χ3n) is 3.51. The summed E-state index contributed by atoms with van der Waals surface area (Å²) in [6, 6.07) is 9.45. The Labute approximate surface area is 105 Å². The van der Waals surface area contributed by atoms with Crippen LogP contribution in [0.15, 0.2) is 30.3 Å². The highest BCUT2D eigenvalue weighted by Crippen LogP contribution is 2.12. The molecular formula is C16H23N. The first-order valence-corrected chi connectivity index (χ1v) is 6.89. The predicted molar refractivity (Wildman–Crippen MR) is 75.1 cm³/mol. The van der Waals surface area contributed by atoms with E-state index in [0.717, 1.165) is 6.42 Å². The van der Waals surface area contributed by atoms with E-state index in [0.29, 0.717) is 6.04 Å². The van der Waals surface area contributed by atoms with E-state index >= 15 is 0 Å². The molecule has 92 valence electrons. The van der Waals surface area contributed by atoms with E-state index in [1.807, 2.05) is 0 Å². The Morgan fingerprint density at radius 3 is 2.76 bits per heavy atom. The van der Waals surface area contributed by atoms with Crippen LogP contribution in [-0.2, 0) is 6.42 Å². The minimum Gasteiger partial charge on any atom is -0.311 e. The monoisotopic (exact) mass is 229 g/mol. The van der Waals surface area contributed by atoms with Gasteiger partial charge in [-0.15, -0.1) is 0 Å². The highest BCUT2D eigenvalue weighted by atomic mass is 14.9. The Kier molecular flexibility index (Phi) is 4.81. The van der Waals surface area contributed by atoms with E-state index in [2.05, 4.69) is 48.7 Å². The molecule has 0 spiro atoms. The summed E-state index contributed by atoms with van der Waals surface area (Å²) in [5.74, 6) is 0. The number of benzene rings is 1. The fourth-order valence-corrected chi connectivity index (χ4v) is 2.31. The van der Waals surface area contributed by atoms with Crippen LogP contribution in [0.5, 0.6) is 0 Å². The number of hydrogen-bond acceptors (Lipinski definition) is 1. The molecule has 0 bridgehead atoms. The van der Waals surface area contributed by atoms with E-state index in [9.17, 15) is 0 Å². The average Bonchev–Trinajstić information content (AvgIpc) is 2.65. The van der Waals surface area contributed by atoms with Crippen molar-refractivity contribution in [2.24, 2.45) is 0 Å². The van der Waals surface area contributed by atoms with E-state index < -0.39 is 0 Å². The Hall–Kier alpha value is -1.08. The Bertz CT molecular complexity index is 342. The highest BCUT2D eigenvalue weighted by molar-refractivity contribution is 5.50. The molecule has 17 heavy (non-hydrogen) atoms. The van der Waals surface area contributed by atoms with Crippen LogP contribution in [0, 0.1) is 0 Å². The lowest BCUT2D eigenvalue weighted by molar-refractivity contribution is 0.599. The molecular weight excluding hydrogens is 206 g/mol. The zero-order chi connectivity index (χ0) is 11.9. The first-order valence-electron chi connectivity index (χ1n) is 6.89. The van der Waals surface area contributed by atoms with Crippen molar-refractivity contribution in [2.75, 3.05) is 6.54 Å². The second-order valence-corrected chi connectivity index (χ2v) is 4.86. The van der Waals surface area contributed by atoms with E-state index in [4.69, 9.17) is 0 Å². The molecule has 1 unspecified atom stereocenters. The molecule has 1 aliphatic heterocycles. The second kappa shape index (κ2) is 6.61. The van der Waals surface area contributed by atoms with Gasteiger partial charge in [-0.3, -0.25) is 0 Å². The molecule has 1 aliphatic rings. The number of hydrogen-bond donors (Lipinski definition) is 1. The zero-order valence-electron chi connectivity index (χ0n) is 10.8. The number of rotatable bonds is 3. The van der Waals surface area contributed by atoms with Crippen molar-refractivity contribution in [1.82, 2.24) is 5.32 Å². The van der Waals surface area contributed by atoms with Gasteiger partial charge in [-0.1, -0.05) is 56.2 Å². The smallest absolute Gasteiger partial charge is 0.0253 e. The Morgan fingerprint density at radius 2 is 2.00 bits per heavy atom. The van der Waals surface area contributed by atoms with Gasteiger partial charge in [-0.2, -0.15) is 0 Å². The molecule has 1 heteroatoms. The fourth-order valence-electron chi connectivity index (χ4n) is 2.31. The van der Waals surface area contributed by atoms with Gasteiger partial charge in [-0.25, -0.2) is 0 Å². The van der Waals surface area contributed by atoms with Gasteiger partial charge in [0, 0.05) is 6.04 Å². The van der Waals surface area contributed by atoms with Crippen LogP contribution in [0.25, 0.3) is 6.08 Å². The molecule has 1 fully saturated rings. The van der Waals surface area contributed by atoms with Crippen molar-refractivity contribution in [3.8, 4) is 0 Å². The van der Waals surface area contributed by atoms with E-state index in [-0.39, 0.29) is 0 Å². The summed E-state index contributed by atoms with van der Waals surface area (Å²) in [5.41, 5.74) is 2.72. The van der Waals surface area contributed by atoms with E-state index in [1.165, 1.54) is 43.4 Å². The molecule has 2 rings (SSSR count). The van der Waals surface area contributed by atoms with Crippen molar-refractivity contribution in [1.29, 1.82) is 0 Å². The molecule has 1 aromatic rings. The van der Waals surface area contributed by atoms with Gasteiger partial charge >= 0.3 is 0 Å². The molecule has 0 amide bonds. The standard InChI is InChI=1S/C16H23N/c1-2-14-7-9-15(10-8-14)11-12-16-6-4-3-5-13-17-16/h7-12,16-17H,2-6,13H2,1H3/b12-11+. The summed E-state index contributed by atoms with van der Waals surface area (Å²) in [7, 11) is 0. The van der Waals surface area contributed by atoms with E-state index in [1.54, 1.807) is 0 Å². The van der Waals surface area contributed by atoms with Gasteiger partial charge in [0.25, 0.3) is 0 Å². The molecule has 1 aromatic carbocycles. The zero-order valence-corrected chi connectivity index (χ0v) is 10.8. The lowest BCUT2D eigenvalue weighted by atomic mass is 10.1. The van der Waals surface area contributed by atoms with Crippen molar-refractivity contribution in [3.63, 3.8) is 0 Å². The first-order chi connectivity index (χ1) is 8.38. The molecule has 0 aromatic heterocycles. The van der Waals surface area contributed by atoms with Crippen LogP contribution < -0.4 is 5.32 Å². The summed E-state index contributed by atoms with van der Waals surface area (Å²) >= 11 is 0. The third-order valence-corrected chi connectivity index (χ3v) is 3.51. The van der Waals surface area contributed by atoms with Crippen LogP contribution in [0.2, 0.25) is 0 Å². The molecule has 1 saturated heterocycles. The quantitative estimate of drug-likeness (QED) is 0.831. The largest absolute Gasteiger partial charge is 0.311 e. The van der Waals surface area contributed by atoms with Crippen molar-refractivity contribution >= 4 is 6.08 Å². The van der Waals surface area contributed by atoms with Gasteiger partial charge in [0.15, 0.2) is 0 Å². The highest BCUT2D eigenvalue weighted by Gasteiger charge is 2.07. The molecule has 1 atom stereocenters. The molecule has 0 saturated carbocycles. The van der Waals surface area contributed by atoms with Crippen LogP contribution >= 0.6 is 0 Å². The second-order valence-electron chi connectivity index (χ2n) is 4.86. The van der Waals surface area contributed by atoms with Gasteiger partial charge in [0.1, 0.15) is 0 Å². The van der Waals surface area contributed by atoms with Gasteiger partial charge in [-0.05, 0) is 36.9 Å². The van der Waals surface area contributed by atoms with Gasteiger partial charge < -0.3 is 5.32 Å². The van der Waals surface area contributed by atoms with Crippen molar-refractivity contribution in [3.05, 3.63) is 41.5 Å². The molecule has 1 nitrogen and oxygen atoms in total. The molecule has 1 N–H and O–H groups in total. The topological polar surface area (TPSA) is 12.0 Å². The normalized spacial score (nSPS) is 21.6. The summed E-state index contributed by atoms with van der Waals surface area (Å²) in [6.45, 7) is 3.37. The van der Waals surface area contributed by atoms with Gasteiger partial charge in [0.2, 0.25) is 0 Å². The lowest BCUT2D eigenvalue weighted by Crippen LogP contribution is -2.25. The SMILES string of the molecule is CCc1ccc(/C=C/C2CCCCCN2)cc1. The number of aryl methyl sites for hydroxylation is 1. The summed E-state index contributed by atoms with van der Waals surface area (Å²) in [6.07, 6.45) is 11.0. The average molecular weight is 229 g/mol. The predicted octanol–water partition coefficient (Wildman–Crippen LogP) is 3.79. The van der Waals surface area contributed by atoms with Crippen molar-refractivity contribution < 1.29 is 0 Å². The minimum absolute atomic E-state index is 0.573. The maximum Gasteiger partial charge on any atom is 0.0253 e. The maximum atomic E-state index is 3.59. The van der Waals surface area contributed by atoms with Crippen LogP contribution in [-0.4, -0.2) is 12.6 Å². The van der Waals surface area contributed by atoms with Gasteiger partial charge in [0.05, 0.1) is 0 Å². The lowest BCUT2D eigenvalue weighted by Gasteiger charge is -2.10. The maximum absolute atomic E-state index is 3.59. The summed E-state index contributed by atoms with van der Waals surface area (Å²) in [5, 5.41) is 3.59. The van der Waals surface area contributed by atoms with Crippen LogP contribution in [0.4, 0.5) is 0 Å². The molecule has 0 radical (unpaired) electrons.